The van der Waals surface area contributed by atoms with Crippen LogP contribution in [0.1, 0.15) is 29.8 Å². The largest absolute Gasteiger partial charge is 0.368 e. The Morgan fingerprint density at radius 3 is 2.84 bits per heavy atom. The van der Waals surface area contributed by atoms with Gasteiger partial charge in [0.25, 0.3) is 5.56 Å². The lowest BCUT2D eigenvalue weighted by Crippen LogP contribution is -2.26. The second kappa shape index (κ2) is 8.69. The molecule has 0 saturated carbocycles. The van der Waals surface area contributed by atoms with E-state index in [-0.39, 0.29) is 23.1 Å². The maximum atomic E-state index is 13.7. The fourth-order valence-electron chi connectivity index (χ4n) is 3.50. The van der Waals surface area contributed by atoms with Crippen LogP contribution in [-0.4, -0.2) is 19.5 Å². The molecule has 0 unspecified atom stereocenters. The van der Waals surface area contributed by atoms with Crippen LogP contribution in [0.4, 0.5) is 11.8 Å². The lowest BCUT2D eigenvalue weighted by atomic mass is 10.0. The summed E-state index contributed by atoms with van der Waals surface area (Å²) in [6.07, 6.45) is 4.69. The van der Waals surface area contributed by atoms with E-state index in [1.54, 1.807) is 23.0 Å². The Hall–Kier alpha value is -3.52. The lowest BCUT2D eigenvalue weighted by Gasteiger charge is -2.22. The summed E-state index contributed by atoms with van der Waals surface area (Å²) in [5.74, 6) is 0.373. The average Bonchev–Trinajstić information content (AvgIpc) is 2.79. The van der Waals surface area contributed by atoms with Crippen molar-refractivity contribution in [3.05, 3.63) is 82.2 Å². The third kappa shape index (κ3) is 3.94. The molecule has 3 aromatic heterocycles. The highest BCUT2D eigenvalue weighted by Gasteiger charge is 2.19. The molecular weight excluding hydrogens is 505 g/mol. The quantitative estimate of drug-likeness (QED) is 0.302. The number of anilines is 2. The first-order chi connectivity index (χ1) is 15.0. The van der Waals surface area contributed by atoms with Gasteiger partial charge in [-0.25, -0.2) is 4.98 Å². The SMILES string of the molecule is C[C@H](Nc1nc(N)ncc1C#N)c1cc2cccc(CI)c2c(=O)n1-c1cccnc1. The number of fused-ring (bicyclic) bond motifs is 1. The van der Waals surface area contributed by atoms with Gasteiger partial charge in [-0.15, -0.1) is 0 Å². The first-order valence-electron chi connectivity index (χ1n) is 9.46. The maximum absolute atomic E-state index is 13.7. The van der Waals surface area contributed by atoms with Gasteiger partial charge in [0.1, 0.15) is 17.5 Å². The summed E-state index contributed by atoms with van der Waals surface area (Å²) in [7, 11) is 0. The van der Waals surface area contributed by atoms with E-state index < -0.39 is 0 Å². The molecule has 1 atom stereocenters. The van der Waals surface area contributed by atoms with Gasteiger partial charge < -0.3 is 11.1 Å². The van der Waals surface area contributed by atoms with Gasteiger partial charge in [0.15, 0.2) is 0 Å². The van der Waals surface area contributed by atoms with Crippen LogP contribution in [0.2, 0.25) is 0 Å². The first kappa shape index (κ1) is 20.7. The Balaban J connectivity index is 1.94. The summed E-state index contributed by atoms with van der Waals surface area (Å²) in [6, 6.07) is 13.1. The molecule has 31 heavy (non-hydrogen) atoms. The van der Waals surface area contributed by atoms with Crippen LogP contribution in [0.25, 0.3) is 16.5 Å². The van der Waals surface area contributed by atoms with Crippen molar-refractivity contribution in [2.75, 3.05) is 11.1 Å². The summed E-state index contributed by atoms with van der Waals surface area (Å²) < 4.78 is 2.37. The zero-order chi connectivity index (χ0) is 22.0. The van der Waals surface area contributed by atoms with Gasteiger partial charge in [-0.3, -0.25) is 14.3 Å². The number of nitriles is 1. The van der Waals surface area contributed by atoms with Gasteiger partial charge in [-0.05, 0) is 36.1 Å². The summed E-state index contributed by atoms with van der Waals surface area (Å²) in [6.45, 7) is 1.90. The molecule has 9 heteroatoms. The van der Waals surface area contributed by atoms with Crippen LogP contribution in [0.15, 0.2) is 59.8 Å². The highest BCUT2D eigenvalue weighted by molar-refractivity contribution is 14.1. The predicted molar refractivity (Wildman–Crippen MR) is 128 cm³/mol. The minimum atomic E-state index is -0.373. The molecule has 0 aliphatic heterocycles. The summed E-state index contributed by atoms with van der Waals surface area (Å²) in [5, 5.41) is 14.1. The van der Waals surface area contributed by atoms with E-state index in [1.807, 2.05) is 37.3 Å². The Kier molecular flexibility index (Phi) is 5.81. The number of rotatable bonds is 5. The van der Waals surface area contributed by atoms with Crippen molar-refractivity contribution in [2.24, 2.45) is 0 Å². The van der Waals surface area contributed by atoms with Crippen LogP contribution in [0, 0.1) is 11.3 Å². The number of benzene rings is 1. The monoisotopic (exact) mass is 523 g/mol. The topological polar surface area (TPSA) is 123 Å². The van der Waals surface area contributed by atoms with Crippen LogP contribution in [0.3, 0.4) is 0 Å². The van der Waals surface area contributed by atoms with E-state index in [9.17, 15) is 10.1 Å². The van der Waals surface area contributed by atoms with Gasteiger partial charge >= 0.3 is 0 Å². The van der Waals surface area contributed by atoms with Crippen molar-refractivity contribution in [2.45, 2.75) is 17.4 Å². The highest BCUT2D eigenvalue weighted by atomic mass is 127. The molecule has 3 heterocycles. The molecule has 1 aromatic carbocycles. The summed E-state index contributed by atoms with van der Waals surface area (Å²) >= 11 is 2.26. The van der Waals surface area contributed by atoms with Gasteiger partial charge in [0.2, 0.25) is 5.95 Å². The molecule has 8 nitrogen and oxygen atoms in total. The molecule has 0 spiro atoms. The second-order valence-electron chi connectivity index (χ2n) is 6.90. The predicted octanol–water partition coefficient (Wildman–Crippen LogP) is 3.74. The normalized spacial score (nSPS) is 11.8. The molecule has 0 amide bonds. The fourth-order valence-corrected chi connectivity index (χ4v) is 4.14. The third-order valence-electron chi connectivity index (χ3n) is 4.93. The molecule has 154 valence electrons. The van der Waals surface area contributed by atoms with E-state index in [0.29, 0.717) is 22.6 Å². The van der Waals surface area contributed by atoms with Gasteiger partial charge in [-0.1, -0.05) is 40.8 Å². The number of pyridine rings is 2. The second-order valence-corrected chi connectivity index (χ2v) is 7.67. The van der Waals surface area contributed by atoms with Crippen LogP contribution < -0.4 is 16.6 Å². The number of hydrogen-bond acceptors (Lipinski definition) is 7. The third-order valence-corrected chi connectivity index (χ3v) is 5.76. The average molecular weight is 523 g/mol. The fraction of sp³-hybridized carbons (Fsp3) is 0.136. The first-order valence-corrected chi connectivity index (χ1v) is 11.0. The number of nitrogen functional groups attached to an aromatic ring is 1. The van der Waals surface area contributed by atoms with Crippen molar-refractivity contribution < 1.29 is 0 Å². The number of nitrogens with zero attached hydrogens (tertiary/aromatic N) is 5. The van der Waals surface area contributed by atoms with Crippen molar-refractivity contribution in [1.82, 2.24) is 19.5 Å². The molecule has 0 fully saturated rings. The van der Waals surface area contributed by atoms with E-state index >= 15 is 0 Å². The van der Waals surface area contributed by atoms with E-state index in [2.05, 4.69) is 48.9 Å². The molecule has 4 aromatic rings. The van der Waals surface area contributed by atoms with E-state index in [4.69, 9.17) is 5.73 Å². The summed E-state index contributed by atoms with van der Waals surface area (Å²) in [5.41, 5.74) is 8.20. The molecule has 0 aliphatic rings. The van der Waals surface area contributed by atoms with Crippen LogP contribution in [-0.2, 0) is 4.43 Å². The number of nitrogens with two attached hydrogens (primary N) is 1. The van der Waals surface area contributed by atoms with Crippen molar-refractivity contribution in [1.29, 1.82) is 5.26 Å². The standard InChI is InChI=1S/C22H18IN7O/c1-13(28-20-16(10-24)11-27-22(25)29-20)18-8-14-4-2-5-15(9-23)19(14)21(31)30(18)17-6-3-7-26-12-17/h2-8,11-13H,9H2,1H3,(H3,25,27,28,29)/t13-/m0/s1. The molecule has 0 radical (unpaired) electrons. The maximum Gasteiger partial charge on any atom is 0.263 e. The number of aromatic nitrogens is 4. The molecule has 0 bridgehead atoms. The van der Waals surface area contributed by atoms with E-state index in [0.717, 1.165) is 15.4 Å². The molecule has 4 rings (SSSR count). The Labute approximate surface area is 191 Å². The van der Waals surface area contributed by atoms with Gasteiger partial charge in [0, 0.05) is 16.3 Å². The number of hydrogen-bond donors (Lipinski definition) is 2. The van der Waals surface area contributed by atoms with Gasteiger partial charge in [-0.2, -0.15) is 10.2 Å². The molecule has 0 saturated heterocycles. The van der Waals surface area contributed by atoms with Crippen molar-refractivity contribution >= 4 is 45.1 Å². The Morgan fingerprint density at radius 1 is 1.29 bits per heavy atom. The number of alkyl halides is 1. The minimum absolute atomic E-state index is 0.0588. The molecular formula is C22H18IN7O. The highest BCUT2D eigenvalue weighted by Crippen LogP contribution is 2.26. The smallest absolute Gasteiger partial charge is 0.263 e. The number of nitrogens with one attached hydrogen (secondary N) is 1. The zero-order valence-corrected chi connectivity index (χ0v) is 18.7. The lowest BCUT2D eigenvalue weighted by molar-refractivity contribution is 0.770. The number of halogens is 1. The van der Waals surface area contributed by atoms with Crippen molar-refractivity contribution in [3.8, 4) is 11.8 Å². The van der Waals surface area contributed by atoms with Gasteiger partial charge in [0.05, 0.1) is 29.5 Å². The van der Waals surface area contributed by atoms with Crippen molar-refractivity contribution in [3.63, 3.8) is 0 Å². The van der Waals surface area contributed by atoms with E-state index in [1.165, 1.54) is 6.20 Å². The Morgan fingerprint density at radius 2 is 2.13 bits per heavy atom. The minimum Gasteiger partial charge on any atom is -0.368 e. The molecule has 3 N–H and O–H groups in total. The zero-order valence-electron chi connectivity index (χ0n) is 16.6. The molecule has 0 aliphatic carbocycles. The Bertz CT molecular complexity index is 1360. The van der Waals surface area contributed by atoms with Crippen LogP contribution in [0.5, 0.6) is 0 Å². The summed E-state index contributed by atoms with van der Waals surface area (Å²) in [4.78, 5) is 25.9. The van der Waals surface area contributed by atoms with Crippen LogP contribution >= 0.6 is 22.6 Å².